The summed E-state index contributed by atoms with van der Waals surface area (Å²) in [6.07, 6.45) is -2.60. The summed E-state index contributed by atoms with van der Waals surface area (Å²) in [5, 5.41) is 9.97. The van der Waals surface area contributed by atoms with Crippen LogP contribution in [0.1, 0.15) is 35.8 Å². The number of aryl methyl sites for hydroxylation is 1. The van der Waals surface area contributed by atoms with Crippen LogP contribution in [0.3, 0.4) is 0 Å². The van der Waals surface area contributed by atoms with Gasteiger partial charge < -0.3 is 5.11 Å². The number of pyridine rings is 1. The van der Waals surface area contributed by atoms with Gasteiger partial charge in [-0.3, -0.25) is 0 Å². The first-order valence-electron chi connectivity index (χ1n) is 6.80. The Morgan fingerprint density at radius 2 is 1.95 bits per heavy atom. The molecule has 0 bridgehead atoms. The lowest BCUT2D eigenvalue weighted by Gasteiger charge is -2.21. The lowest BCUT2D eigenvalue weighted by molar-refractivity contribution is -0.137. The first kappa shape index (κ1) is 14.1. The number of rotatable bonds is 1. The van der Waals surface area contributed by atoms with Gasteiger partial charge in [-0.25, -0.2) is 4.98 Å². The van der Waals surface area contributed by atoms with E-state index < -0.39 is 17.8 Å². The highest BCUT2D eigenvalue weighted by atomic mass is 19.4. The van der Waals surface area contributed by atoms with E-state index in [0.717, 1.165) is 30.5 Å². The van der Waals surface area contributed by atoms with Crippen LogP contribution in [0.4, 0.5) is 13.2 Å². The third-order valence-corrected chi connectivity index (χ3v) is 3.74. The average Bonchev–Trinajstić information content (AvgIpc) is 2.47. The molecular weight excluding hydrogens is 279 g/mol. The maximum Gasteiger partial charge on any atom is 0.416 e. The summed E-state index contributed by atoms with van der Waals surface area (Å²) < 4.78 is 38.3. The lowest BCUT2D eigenvalue weighted by atomic mass is 9.93. The van der Waals surface area contributed by atoms with Gasteiger partial charge in [0.05, 0.1) is 23.1 Å². The van der Waals surface area contributed by atoms with Crippen molar-refractivity contribution in [1.29, 1.82) is 0 Å². The van der Waals surface area contributed by atoms with E-state index in [4.69, 9.17) is 0 Å². The minimum atomic E-state index is -4.37. The molecule has 1 aromatic carbocycles. The predicted molar refractivity (Wildman–Crippen MR) is 72.6 cm³/mol. The van der Waals surface area contributed by atoms with Crippen molar-refractivity contribution in [3.63, 3.8) is 0 Å². The van der Waals surface area contributed by atoms with Gasteiger partial charge in [-0.2, -0.15) is 13.2 Å². The maximum atomic E-state index is 12.8. The van der Waals surface area contributed by atoms with E-state index in [0.29, 0.717) is 23.4 Å². The molecule has 2 nitrogen and oxygen atoms in total. The van der Waals surface area contributed by atoms with E-state index in [2.05, 4.69) is 4.98 Å². The molecule has 1 unspecified atom stereocenters. The number of halogens is 3. The molecular formula is C16H14F3NO. The Balaban J connectivity index is 2.03. The Morgan fingerprint density at radius 3 is 2.71 bits per heavy atom. The van der Waals surface area contributed by atoms with Gasteiger partial charge in [0.2, 0.25) is 0 Å². The first-order valence-corrected chi connectivity index (χ1v) is 6.80. The molecule has 3 rings (SSSR count). The summed E-state index contributed by atoms with van der Waals surface area (Å²) in [5.41, 5.74) is 1.74. The van der Waals surface area contributed by atoms with Crippen molar-refractivity contribution in [2.75, 3.05) is 0 Å². The number of hydrogen-bond acceptors (Lipinski definition) is 2. The fourth-order valence-electron chi connectivity index (χ4n) is 2.64. The van der Waals surface area contributed by atoms with Gasteiger partial charge in [0, 0.05) is 5.56 Å². The number of aromatic nitrogens is 1. The number of benzene rings is 1. The molecule has 5 heteroatoms. The number of aliphatic hydroxyl groups excluding tert-OH is 1. The summed E-state index contributed by atoms with van der Waals surface area (Å²) >= 11 is 0. The highest BCUT2D eigenvalue weighted by molar-refractivity contribution is 5.61. The molecule has 2 aromatic rings. The van der Waals surface area contributed by atoms with Crippen LogP contribution in [0.2, 0.25) is 0 Å². The Hall–Kier alpha value is -1.88. The minimum Gasteiger partial charge on any atom is -0.387 e. The molecule has 1 heterocycles. The second kappa shape index (κ2) is 5.15. The Bertz CT molecular complexity index is 667. The van der Waals surface area contributed by atoms with Gasteiger partial charge in [-0.05, 0) is 43.0 Å². The third-order valence-electron chi connectivity index (χ3n) is 3.74. The largest absolute Gasteiger partial charge is 0.416 e. The molecule has 110 valence electrons. The van der Waals surface area contributed by atoms with Crippen molar-refractivity contribution >= 4 is 0 Å². The number of hydrogen-bond donors (Lipinski definition) is 1. The van der Waals surface area contributed by atoms with Crippen LogP contribution >= 0.6 is 0 Å². The molecule has 1 aliphatic rings. The molecule has 1 aliphatic carbocycles. The highest BCUT2D eigenvalue weighted by Crippen LogP contribution is 2.33. The zero-order valence-corrected chi connectivity index (χ0v) is 11.2. The van der Waals surface area contributed by atoms with Crippen LogP contribution in [0.25, 0.3) is 11.3 Å². The predicted octanol–water partition coefficient (Wildman–Crippen LogP) is 4.14. The van der Waals surface area contributed by atoms with Crippen LogP contribution in [0.5, 0.6) is 0 Å². The minimum absolute atomic E-state index is 0.408. The van der Waals surface area contributed by atoms with Gasteiger partial charge in [0.25, 0.3) is 0 Å². The van der Waals surface area contributed by atoms with Crippen LogP contribution in [-0.2, 0) is 12.6 Å². The molecule has 0 aliphatic heterocycles. The molecule has 0 saturated heterocycles. The zero-order valence-electron chi connectivity index (χ0n) is 11.2. The topological polar surface area (TPSA) is 33.1 Å². The highest BCUT2D eigenvalue weighted by Gasteiger charge is 2.30. The summed E-state index contributed by atoms with van der Waals surface area (Å²) in [7, 11) is 0. The van der Waals surface area contributed by atoms with Gasteiger partial charge in [0.1, 0.15) is 0 Å². The van der Waals surface area contributed by atoms with Gasteiger partial charge in [-0.15, -0.1) is 0 Å². The maximum absolute atomic E-state index is 12.8. The molecule has 0 saturated carbocycles. The van der Waals surface area contributed by atoms with Crippen molar-refractivity contribution in [3.8, 4) is 11.3 Å². The van der Waals surface area contributed by atoms with Crippen molar-refractivity contribution in [2.24, 2.45) is 0 Å². The average molecular weight is 293 g/mol. The number of nitrogens with zero attached hydrogens (tertiary/aromatic N) is 1. The molecule has 1 atom stereocenters. The standard InChI is InChI=1S/C16H14F3NO/c17-16(18,19)12-5-1-4-11(9-12)13-8-7-10-3-2-6-14(21)15(10)20-13/h1,4-5,7-9,14,21H,2-3,6H2. The quantitative estimate of drug-likeness (QED) is 0.857. The van der Waals surface area contributed by atoms with E-state index in [-0.39, 0.29) is 0 Å². The molecule has 1 N–H and O–H groups in total. The third kappa shape index (κ3) is 2.78. The summed E-state index contributed by atoms with van der Waals surface area (Å²) in [6.45, 7) is 0. The first-order chi connectivity index (χ1) is 9.95. The lowest BCUT2D eigenvalue weighted by Crippen LogP contribution is -2.12. The monoisotopic (exact) mass is 293 g/mol. The second-order valence-electron chi connectivity index (χ2n) is 5.23. The Labute approximate surface area is 120 Å². The van der Waals surface area contributed by atoms with Crippen molar-refractivity contribution in [1.82, 2.24) is 4.98 Å². The summed E-state index contributed by atoms with van der Waals surface area (Å²) in [6, 6.07) is 8.66. The molecule has 0 amide bonds. The summed E-state index contributed by atoms with van der Waals surface area (Å²) in [4.78, 5) is 4.37. The zero-order chi connectivity index (χ0) is 15.0. The van der Waals surface area contributed by atoms with E-state index in [1.165, 1.54) is 6.07 Å². The van der Waals surface area contributed by atoms with Gasteiger partial charge in [0.15, 0.2) is 0 Å². The smallest absolute Gasteiger partial charge is 0.387 e. The molecule has 1 aromatic heterocycles. The summed E-state index contributed by atoms with van der Waals surface area (Å²) in [5.74, 6) is 0. The second-order valence-corrected chi connectivity index (χ2v) is 5.23. The van der Waals surface area contributed by atoms with Crippen LogP contribution in [0.15, 0.2) is 36.4 Å². The molecule has 0 spiro atoms. The normalized spacial score (nSPS) is 18.4. The number of fused-ring (bicyclic) bond motifs is 1. The fraction of sp³-hybridized carbons (Fsp3) is 0.312. The van der Waals surface area contributed by atoms with E-state index in [9.17, 15) is 18.3 Å². The Kier molecular flexibility index (Phi) is 3.45. The van der Waals surface area contributed by atoms with Crippen molar-refractivity contribution in [2.45, 2.75) is 31.5 Å². The van der Waals surface area contributed by atoms with E-state index >= 15 is 0 Å². The fourth-order valence-corrected chi connectivity index (χ4v) is 2.64. The SMILES string of the molecule is OC1CCCc2ccc(-c3cccc(C(F)(F)F)c3)nc21. The Morgan fingerprint density at radius 1 is 1.14 bits per heavy atom. The number of aliphatic hydroxyl groups is 1. The van der Waals surface area contributed by atoms with Gasteiger partial charge >= 0.3 is 6.18 Å². The molecule has 21 heavy (non-hydrogen) atoms. The van der Waals surface area contributed by atoms with Crippen molar-refractivity contribution in [3.05, 3.63) is 53.2 Å². The van der Waals surface area contributed by atoms with Gasteiger partial charge in [-0.1, -0.05) is 18.2 Å². The molecule has 0 radical (unpaired) electrons. The van der Waals surface area contributed by atoms with E-state index in [1.807, 2.05) is 6.07 Å². The van der Waals surface area contributed by atoms with Crippen LogP contribution in [0, 0.1) is 0 Å². The van der Waals surface area contributed by atoms with Crippen LogP contribution in [-0.4, -0.2) is 10.1 Å². The van der Waals surface area contributed by atoms with E-state index in [1.54, 1.807) is 12.1 Å². The van der Waals surface area contributed by atoms with Crippen LogP contribution < -0.4 is 0 Å². The molecule has 0 fully saturated rings. The number of alkyl halides is 3. The van der Waals surface area contributed by atoms with Crippen molar-refractivity contribution < 1.29 is 18.3 Å².